The number of anilines is 1. The monoisotopic (exact) mass is 342 g/mol. The van der Waals surface area contributed by atoms with Gasteiger partial charge in [0.25, 0.3) is 5.22 Å². The zero-order valence-corrected chi connectivity index (χ0v) is 13.5. The fourth-order valence-corrected chi connectivity index (χ4v) is 3.48. The number of carbonyl (C=O) groups is 1. The number of hydrogen-bond acceptors (Lipinski definition) is 7. The molecule has 1 fully saturated rings. The predicted octanol–water partition coefficient (Wildman–Crippen LogP) is 1.61. The number of hydrogen-bond donors (Lipinski definition) is 0. The van der Waals surface area contributed by atoms with Gasteiger partial charge in [0, 0.05) is 12.2 Å². The lowest BCUT2D eigenvalue weighted by Crippen LogP contribution is -2.27. The fourth-order valence-electron chi connectivity index (χ4n) is 2.55. The van der Waals surface area contributed by atoms with Gasteiger partial charge < -0.3 is 9.32 Å². The van der Waals surface area contributed by atoms with E-state index in [0.29, 0.717) is 24.2 Å². The molecule has 0 saturated carbocycles. The van der Waals surface area contributed by atoms with E-state index >= 15 is 0 Å². The Morgan fingerprint density at radius 3 is 2.92 bits per heavy atom. The van der Waals surface area contributed by atoms with Crippen molar-refractivity contribution < 1.29 is 9.21 Å². The minimum Gasteiger partial charge on any atom is -0.414 e. The van der Waals surface area contributed by atoms with Crippen LogP contribution in [-0.2, 0) is 11.3 Å². The van der Waals surface area contributed by atoms with Crippen molar-refractivity contribution in [3.63, 3.8) is 0 Å². The highest BCUT2D eigenvalue weighted by Gasteiger charge is 2.34. The molecule has 0 N–H and O–H groups in total. The van der Waals surface area contributed by atoms with Gasteiger partial charge in [0.05, 0.1) is 5.25 Å². The molecule has 0 unspecified atom stereocenters. The van der Waals surface area contributed by atoms with Crippen molar-refractivity contribution in [3.8, 4) is 0 Å². The third-order valence-electron chi connectivity index (χ3n) is 3.68. The van der Waals surface area contributed by atoms with E-state index in [9.17, 15) is 4.79 Å². The van der Waals surface area contributed by atoms with E-state index in [4.69, 9.17) is 4.42 Å². The lowest BCUT2D eigenvalue weighted by atomic mass is 10.3. The number of nitrogens with zero attached hydrogens (tertiary/aromatic N) is 6. The molecule has 0 aliphatic carbocycles. The molecule has 0 bridgehead atoms. The minimum absolute atomic E-state index is 0.0715. The maximum atomic E-state index is 12.6. The SMILES string of the molecule is O=C1[C@@H](Sc2nnc(Cn3cncn3)o2)CCN1c1ccccc1. The molecule has 2 aromatic heterocycles. The number of aromatic nitrogens is 5. The zero-order valence-electron chi connectivity index (χ0n) is 12.6. The van der Waals surface area contributed by atoms with Crippen LogP contribution in [0.3, 0.4) is 0 Å². The fraction of sp³-hybridized carbons (Fsp3) is 0.267. The van der Waals surface area contributed by atoms with Crippen LogP contribution in [-0.4, -0.2) is 42.7 Å². The molecule has 0 radical (unpaired) electrons. The summed E-state index contributed by atoms with van der Waals surface area (Å²) in [5.74, 6) is 0.510. The topological polar surface area (TPSA) is 89.9 Å². The molecular weight excluding hydrogens is 328 g/mol. The van der Waals surface area contributed by atoms with E-state index in [-0.39, 0.29) is 11.2 Å². The van der Waals surface area contributed by atoms with Gasteiger partial charge in [0.2, 0.25) is 11.8 Å². The van der Waals surface area contributed by atoms with Crippen molar-refractivity contribution in [1.29, 1.82) is 0 Å². The van der Waals surface area contributed by atoms with Gasteiger partial charge in [-0.15, -0.1) is 10.2 Å². The smallest absolute Gasteiger partial charge is 0.277 e. The van der Waals surface area contributed by atoms with Gasteiger partial charge in [-0.25, -0.2) is 9.67 Å². The van der Waals surface area contributed by atoms with E-state index in [1.54, 1.807) is 15.9 Å². The maximum absolute atomic E-state index is 12.6. The summed E-state index contributed by atoms with van der Waals surface area (Å²) in [6.07, 6.45) is 3.77. The van der Waals surface area contributed by atoms with Crippen LogP contribution in [0.1, 0.15) is 12.3 Å². The van der Waals surface area contributed by atoms with E-state index in [1.165, 1.54) is 18.1 Å². The van der Waals surface area contributed by atoms with Crippen molar-refractivity contribution in [3.05, 3.63) is 48.9 Å². The molecule has 3 aromatic rings. The van der Waals surface area contributed by atoms with Crippen molar-refractivity contribution >= 4 is 23.4 Å². The van der Waals surface area contributed by atoms with Crippen LogP contribution in [0.4, 0.5) is 5.69 Å². The Hall–Kier alpha value is -2.68. The number of para-hydroxylation sites is 1. The standard InChI is InChI=1S/C15H14N6O2S/c22-14-12(6-7-21(14)11-4-2-1-3-5-11)24-15-19-18-13(23-15)8-20-10-16-9-17-20/h1-5,9-10,12H,6-8H2/t12-/m0/s1. The van der Waals surface area contributed by atoms with Crippen LogP contribution in [0.2, 0.25) is 0 Å². The van der Waals surface area contributed by atoms with E-state index < -0.39 is 0 Å². The van der Waals surface area contributed by atoms with Crippen LogP contribution in [0.5, 0.6) is 0 Å². The summed E-state index contributed by atoms with van der Waals surface area (Å²) in [5, 5.41) is 12.2. The molecule has 1 aromatic carbocycles. The van der Waals surface area contributed by atoms with Crippen LogP contribution in [0.15, 0.2) is 52.6 Å². The molecule has 1 saturated heterocycles. The van der Waals surface area contributed by atoms with Gasteiger partial charge in [0.1, 0.15) is 19.2 Å². The molecule has 1 atom stereocenters. The first-order valence-electron chi connectivity index (χ1n) is 7.47. The summed E-state index contributed by atoms with van der Waals surface area (Å²) in [6.45, 7) is 1.06. The molecular formula is C15H14N6O2S. The summed E-state index contributed by atoms with van der Waals surface area (Å²) in [5.41, 5.74) is 0.919. The van der Waals surface area contributed by atoms with Crippen molar-refractivity contribution in [2.75, 3.05) is 11.4 Å². The molecule has 122 valence electrons. The molecule has 0 spiro atoms. The van der Waals surface area contributed by atoms with Crippen LogP contribution in [0, 0.1) is 0 Å². The lowest BCUT2D eigenvalue weighted by Gasteiger charge is -2.15. The summed E-state index contributed by atoms with van der Waals surface area (Å²) >= 11 is 1.31. The van der Waals surface area contributed by atoms with Crippen molar-refractivity contribution in [2.45, 2.75) is 23.4 Å². The van der Waals surface area contributed by atoms with Gasteiger partial charge in [0.15, 0.2) is 0 Å². The number of carbonyl (C=O) groups excluding carboxylic acids is 1. The van der Waals surface area contributed by atoms with E-state index in [0.717, 1.165) is 12.1 Å². The van der Waals surface area contributed by atoms with E-state index in [2.05, 4.69) is 20.3 Å². The Labute approximate surface area is 141 Å². The zero-order chi connectivity index (χ0) is 16.4. The minimum atomic E-state index is -0.204. The Balaban J connectivity index is 1.41. The highest BCUT2D eigenvalue weighted by molar-refractivity contribution is 8.00. The summed E-state index contributed by atoms with van der Waals surface area (Å²) in [6, 6.07) is 9.67. The number of benzene rings is 1. The molecule has 24 heavy (non-hydrogen) atoms. The van der Waals surface area contributed by atoms with Gasteiger partial charge in [-0.2, -0.15) is 5.10 Å². The summed E-state index contributed by atoms with van der Waals surface area (Å²) < 4.78 is 7.19. The van der Waals surface area contributed by atoms with Crippen LogP contribution >= 0.6 is 11.8 Å². The first kappa shape index (κ1) is 14.9. The molecule has 3 heterocycles. The number of rotatable bonds is 5. The molecule has 9 heteroatoms. The first-order chi connectivity index (χ1) is 11.8. The van der Waals surface area contributed by atoms with E-state index in [1.807, 2.05) is 30.3 Å². The Morgan fingerprint density at radius 2 is 2.12 bits per heavy atom. The van der Waals surface area contributed by atoms with Gasteiger partial charge in [-0.1, -0.05) is 30.0 Å². The van der Waals surface area contributed by atoms with Crippen molar-refractivity contribution in [2.24, 2.45) is 0 Å². The van der Waals surface area contributed by atoms with Crippen molar-refractivity contribution in [1.82, 2.24) is 25.0 Å². The Morgan fingerprint density at radius 1 is 1.25 bits per heavy atom. The van der Waals surface area contributed by atoms with Gasteiger partial charge >= 0.3 is 0 Å². The predicted molar refractivity (Wildman–Crippen MR) is 86.5 cm³/mol. The molecule has 4 rings (SSSR count). The second kappa shape index (κ2) is 6.44. The number of amides is 1. The Kier molecular flexibility index (Phi) is 3.99. The highest BCUT2D eigenvalue weighted by Crippen LogP contribution is 2.32. The average Bonchev–Trinajstić information content (AvgIpc) is 3.33. The third-order valence-corrected chi connectivity index (χ3v) is 4.77. The lowest BCUT2D eigenvalue weighted by molar-refractivity contribution is -0.116. The second-order valence-corrected chi connectivity index (χ2v) is 6.43. The summed E-state index contributed by atoms with van der Waals surface area (Å²) in [4.78, 5) is 18.2. The molecule has 1 aliphatic rings. The Bertz CT molecular complexity index is 820. The number of thioether (sulfide) groups is 1. The normalized spacial score (nSPS) is 17.6. The summed E-state index contributed by atoms with van der Waals surface area (Å²) in [7, 11) is 0. The largest absolute Gasteiger partial charge is 0.414 e. The van der Waals surface area contributed by atoms with Gasteiger partial charge in [-0.3, -0.25) is 4.79 Å². The van der Waals surface area contributed by atoms with Crippen LogP contribution in [0.25, 0.3) is 0 Å². The van der Waals surface area contributed by atoms with Gasteiger partial charge in [-0.05, 0) is 18.6 Å². The third kappa shape index (κ3) is 3.02. The van der Waals surface area contributed by atoms with Crippen LogP contribution < -0.4 is 4.90 Å². The highest BCUT2D eigenvalue weighted by atomic mass is 32.2. The molecule has 1 amide bonds. The average molecular weight is 342 g/mol. The maximum Gasteiger partial charge on any atom is 0.277 e. The first-order valence-corrected chi connectivity index (χ1v) is 8.35. The second-order valence-electron chi connectivity index (χ2n) is 5.28. The molecule has 1 aliphatic heterocycles. The quantitative estimate of drug-likeness (QED) is 0.696. The molecule has 8 nitrogen and oxygen atoms in total.